The van der Waals surface area contributed by atoms with Crippen LogP contribution in [0.3, 0.4) is 0 Å². The van der Waals surface area contributed by atoms with Crippen LogP contribution >= 0.6 is 0 Å². The summed E-state index contributed by atoms with van der Waals surface area (Å²) in [5, 5.41) is 10.9. The maximum atomic E-state index is 9.85. The average molecular weight is 254 g/mol. The number of fused-ring (bicyclic) bond motifs is 1. The van der Waals surface area contributed by atoms with Gasteiger partial charge in [0.1, 0.15) is 11.3 Å². The molecule has 3 aromatic rings. The molecule has 0 aliphatic carbocycles. The highest BCUT2D eigenvalue weighted by molar-refractivity contribution is 5.83. The molecule has 1 N–H and O–H groups in total. The number of para-hydroxylation sites is 1. The standard InChI is InChI=1S/C16H14O3/c1-10-7-12(9-15(18-2)16(10)17)14-8-11-5-3-4-6-13(11)19-14/h3-9,17H,1-2H3. The maximum Gasteiger partial charge on any atom is 0.161 e. The van der Waals surface area contributed by atoms with Crippen molar-refractivity contribution in [2.24, 2.45) is 0 Å². The van der Waals surface area contributed by atoms with E-state index in [1.54, 1.807) is 6.07 Å². The normalized spacial score (nSPS) is 10.8. The number of aromatic hydroxyl groups is 1. The molecular weight excluding hydrogens is 240 g/mol. The van der Waals surface area contributed by atoms with Crippen LogP contribution in [0.5, 0.6) is 11.5 Å². The zero-order chi connectivity index (χ0) is 13.4. The van der Waals surface area contributed by atoms with E-state index in [0.29, 0.717) is 5.75 Å². The molecule has 3 rings (SSSR count). The van der Waals surface area contributed by atoms with Crippen molar-refractivity contribution in [1.82, 2.24) is 0 Å². The van der Waals surface area contributed by atoms with Crippen molar-refractivity contribution in [2.45, 2.75) is 6.92 Å². The van der Waals surface area contributed by atoms with Crippen LogP contribution in [0.4, 0.5) is 0 Å². The van der Waals surface area contributed by atoms with Gasteiger partial charge in [-0.25, -0.2) is 0 Å². The van der Waals surface area contributed by atoms with Gasteiger partial charge in [-0.15, -0.1) is 0 Å². The Bertz CT molecular complexity index is 708. The number of rotatable bonds is 2. The molecule has 0 unspecified atom stereocenters. The molecule has 1 heterocycles. The molecule has 19 heavy (non-hydrogen) atoms. The van der Waals surface area contributed by atoms with E-state index in [4.69, 9.17) is 9.15 Å². The molecule has 0 atom stereocenters. The molecule has 1 aromatic heterocycles. The number of furan rings is 1. The first kappa shape index (κ1) is 11.7. The third-order valence-electron chi connectivity index (χ3n) is 3.20. The topological polar surface area (TPSA) is 42.6 Å². The number of methoxy groups -OCH3 is 1. The summed E-state index contributed by atoms with van der Waals surface area (Å²) in [5.74, 6) is 1.39. The van der Waals surface area contributed by atoms with Gasteiger partial charge in [-0.2, -0.15) is 0 Å². The second-order valence-electron chi connectivity index (χ2n) is 4.49. The molecule has 0 aliphatic rings. The largest absolute Gasteiger partial charge is 0.504 e. The van der Waals surface area contributed by atoms with Gasteiger partial charge in [-0.1, -0.05) is 18.2 Å². The number of phenolic OH excluding ortho intramolecular Hbond substituents is 1. The molecule has 0 saturated heterocycles. The highest BCUT2D eigenvalue weighted by atomic mass is 16.5. The summed E-state index contributed by atoms with van der Waals surface area (Å²) >= 11 is 0. The Labute approximate surface area is 111 Å². The van der Waals surface area contributed by atoms with E-state index >= 15 is 0 Å². The molecule has 0 fully saturated rings. The minimum absolute atomic E-state index is 0.169. The highest BCUT2D eigenvalue weighted by Crippen LogP contribution is 2.36. The predicted molar refractivity (Wildman–Crippen MR) is 74.6 cm³/mol. The lowest BCUT2D eigenvalue weighted by molar-refractivity contribution is 0.372. The zero-order valence-corrected chi connectivity index (χ0v) is 10.8. The molecule has 0 amide bonds. The number of ether oxygens (including phenoxy) is 1. The maximum absolute atomic E-state index is 9.85. The molecule has 3 heteroatoms. The van der Waals surface area contributed by atoms with Crippen LogP contribution in [0.15, 0.2) is 46.9 Å². The summed E-state index contributed by atoms with van der Waals surface area (Å²) in [6, 6.07) is 13.5. The van der Waals surface area contributed by atoms with E-state index in [1.807, 2.05) is 43.3 Å². The van der Waals surface area contributed by atoms with Crippen LogP contribution < -0.4 is 4.74 Å². The number of benzene rings is 2. The Morgan fingerprint density at radius 3 is 2.63 bits per heavy atom. The number of hydrogen-bond acceptors (Lipinski definition) is 3. The van der Waals surface area contributed by atoms with Gasteiger partial charge in [0.05, 0.1) is 7.11 Å². The molecule has 0 radical (unpaired) electrons. The van der Waals surface area contributed by atoms with Crippen molar-refractivity contribution in [3.8, 4) is 22.8 Å². The number of hydrogen-bond donors (Lipinski definition) is 1. The molecular formula is C16H14O3. The molecule has 3 nitrogen and oxygen atoms in total. The summed E-state index contributed by atoms with van der Waals surface area (Å²) in [6.07, 6.45) is 0. The van der Waals surface area contributed by atoms with Crippen molar-refractivity contribution in [1.29, 1.82) is 0 Å². The third kappa shape index (κ3) is 1.93. The van der Waals surface area contributed by atoms with Crippen LogP contribution in [0.1, 0.15) is 5.56 Å². The fourth-order valence-corrected chi connectivity index (χ4v) is 2.17. The van der Waals surface area contributed by atoms with Crippen molar-refractivity contribution in [3.05, 3.63) is 48.0 Å². The molecule has 0 bridgehead atoms. The minimum atomic E-state index is 0.169. The van der Waals surface area contributed by atoms with E-state index in [-0.39, 0.29) is 5.75 Å². The average Bonchev–Trinajstić information content (AvgIpc) is 2.85. The summed E-state index contributed by atoms with van der Waals surface area (Å²) in [5.41, 5.74) is 2.50. The number of phenols is 1. The van der Waals surface area contributed by atoms with Crippen LogP contribution in [-0.2, 0) is 0 Å². The molecule has 96 valence electrons. The zero-order valence-electron chi connectivity index (χ0n) is 10.8. The SMILES string of the molecule is COc1cc(-c2cc3ccccc3o2)cc(C)c1O. The van der Waals surface area contributed by atoms with Gasteiger partial charge >= 0.3 is 0 Å². The second-order valence-corrected chi connectivity index (χ2v) is 4.49. The lowest BCUT2D eigenvalue weighted by atomic mass is 10.1. The summed E-state index contributed by atoms with van der Waals surface area (Å²) < 4.78 is 11.0. The van der Waals surface area contributed by atoms with Crippen LogP contribution in [0, 0.1) is 6.92 Å². The Morgan fingerprint density at radius 1 is 1.11 bits per heavy atom. The third-order valence-corrected chi connectivity index (χ3v) is 3.20. The van der Waals surface area contributed by atoms with E-state index < -0.39 is 0 Å². The van der Waals surface area contributed by atoms with Gasteiger partial charge < -0.3 is 14.3 Å². The first-order chi connectivity index (χ1) is 9.19. The second kappa shape index (κ2) is 4.35. The lowest BCUT2D eigenvalue weighted by Gasteiger charge is -2.08. The molecule has 0 spiro atoms. The number of aryl methyl sites for hydroxylation is 1. The van der Waals surface area contributed by atoms with Gasteiger partial charge in [0.25, 0.3) is 0 Å². The molecule has 0 saturated carbocycles. The van der Waals surface area contributed by atoms with Crippen molar-refractivity contribution >= 4 is 11.0 Å². The van der Waals surface area contributed by atoms with E-state index in [9.17, 15) is 5.11 Å². The van der Waals surface area contributed by atoms with Gasteiger partial charge in [-0.05, 0) is 36.8 Å². The minimum Gasteiger partial charge on any atom is -0.504 e. The first-order valence-corrected chi connectivity index (χ1v) is 6.05. The quantitative estimate of drug-likeness (QED) is 0.748. The van der Waals surface area contributed by atoms with Crippen molar-refractivity contribution < 1.29 is 14.3 Å². The van der Waals surface area contributed by atoms with Gasteiger partial charge in [0.15, 0.2) is 11.5 Å². The van der Waals surface area contributed by atoms with Crippen LogP contribution in [0.2, 0.25) is 0 Å². The van der Waals surface area contributed by atoms with E-state index in [2.05, 4.69) is 0 Å². The van der Waals surface area contributed by atoms with Crippen LogP contribution in [0.25, 0.3) is 22.3 Å². The van der Waals surface area contributed by atoms with Crippen molar-refractivity contribution in [2.75, 3.05) is 7.11 Å². The Hall–Kier alpha value is -2.42. The summed E-state index contributed by atoms with van der Waals surface area (Å²) in [7, 11) is 1.54. The summed E-state index contributed by atoms with van der Waals surface area (Å²) in [4.78, 5) is 0. The van der Waals surface area contributed by atoms with Crippen molar-refractivity contribution in [3.63, 3.8) is 0 Å². The van der Waals surface area contributed by atoms with E-state index in [1.165, 1.54) is 7.11 Å². The smallest absolute Gasteiger partial charge is 0.161 e. The Morgan fingerprint density at radius 2 is 1.89 bits per heavy atom. The monoisotopic (exact) mass is 254 g/mol. The predicted octanol–water partition coefficient (Wildman–Crippen LogP) is 4.12. The van der Waals surface area contributed by atoms with Crippen LogP contribution in [-0.4, -0.2) is 12.2 Å². The summed E-state index contributed by atoms with van der Waals surface area (Å²) in [6.45, 7) is 1.84. The van der Waals surface area contributed by atoms with Gasteiger partial charge in [-0.3, -0.25) is 0 Å². The Kier molecular flexibility index (Phi) is 2.67. The lowest BCUT2D eigenvalue weighted by Crippen LogP contribution is -1.87. The first-order valence-electron chi connectivity index (χ1n) is 6.05. The highest BCUT2D eigenvalue weighted by Gasteiger charge is 2.11. The fourth-order valence-electron chi connectivity index (χ4n) is 2.17. The van der Waals surface area contributed by atoms with E-state index in [0.717, 1.165) is 27.9 Å². The fraction of sp³-hybridized carbons (Fsp3) is 0.125. The van der Waals surface area contributed by atoms with Gasteiger partial charge in [0.2, 0.25) is 0 Å². The van der Waals surface area contributed by atoms with Gasteiger partial charge in [0, 0.05) is 10.9 Å². The molecule has 0 aliphatic heterocycles. The molecule has 2 aromatic carbocycles. The Balaban J connectivity index is 2.18.